The van der Waals surface area contributed by atoms with Crippen LogP contribution in [-0.2, 0) is 27.9 Å². The fourth-order valence-electron chi connectivity index (χ4n) is 4.32. The summed E-state index contributed by atoms with van der Waals surface area (Å²) in [5.41, 5.74) is 4.48. The Morgan fingerprint density at radius 1 is 1.34 bits per heavy atom. The van der Waals surface area contributed by atoms with Crippen molar-refractivity contribution in [3.63, 3.8) is 0 Å². The second kappa shape index (κ2) is 13.0. The van der Waals surface area contributed by atoms with Gasteiger partial charge in [-0.2, -0.15) is 4.98 Å². The summed E-state index contributed by atoms with van der Waals surface area (Å²) in [5.74, 6) is -2.73. The van der Waals surface area contributed by atoms with Gasteiger partial charge in [-0.3, -0.25) is 18.4 Å². The maximum Gasteiger partial charge on any atom is 0.474 e. The Kier molecular flexibility index (Phi) is 10.5. The zero-order chi connectivity index (χ0) is 30.9. The molecular weight excluding hydrogens is 599 g/mol. The van der Waals surface area contributed by atoms with E-state index in [9.17, 15) is 59.6 Å². The normalized spacial score (nSPS) is 34.9. The monoisotopic (exact) mass is 630 g/mol. The highest BCUT2D eigenvalue weighted by Gasteiger charge is 2.58. The number of aliphatic hydroxyl groups is 6. The Hall–Kier alpha value is -2.20. The molecule has 3 rings (SSSR count). The molecule has 0 radical (unpaired) electrons. The fourth-order valence-corrected chi connectivity index (χ4v) is 7.21. The number of hydrogen-bond donors (Lipinski definition) is 10. The van der Waals surface area contributed by atoms with Gasteiger partial charge in [0.15, 0.2) is 6.23 Å². The number of carboxylic acids is 1. The van der Waals surface area contributed by atoms with Crippen molar-refractivity contribution < 1.29 is 68.6 Å². The molecule has 1 unspecified atom stereocenters. The summed E-state index contributed by atoms with van der Waals surface area (Å²) in [7, 11) is -5.41. The number of ether oxygens (including phenoxy) is 1. The predicted octanol–water partition coefficient (Wildman–Crippen LogP) is -4.56. The highest BCUT2D eigenvalue weighted by molar-refractivity contribution is 8.02. The van der Waals surface area contributed by atoms with Gasteiger partial charge in [-0.05, 0) is 6.07 Å². The van der Waals surface area contributed by atoms with Crippen LogP contribution < -0.4 is 16.7 Å². The molecule has 2 saturated heterocycles. The van der Waals surface area contributed by atoms with Crippen LogP contribution in [0.2, 0.25) is 0 Å². The topological polar surface area (TPSA) is 314 Å². The summed E-state index contributed by atoms with van der Waals surface area (Å²) in [4.78, 5) is 47.1. The van der Waals surface area contributed by atoms with Crippen LogP contribution in [0.25, 0.3) is 0 Å². The molecule has 11 atom stereocenters. The minimum atomic E-state index is -5.41. The third-order valence-electron chi connectivity index (χ3n) is 6.31. The fraction of sp³-hybridized carbons (Fsp3) is 0.700. The number of hydrogen-bond acceptors (Lipinski definition) is 16. The highest BCUT2D eigenvalue weighted by atomic mass is 32.2. The van der Waals surface area contributed by atoms with Crippen LogP contribution in [-0.4, -0.2) is 128 Å². The number of phosphoric ester groups is 1. The van der Waals surface area contributed by atoms with Crippen molar-refractivity contribution in [3.05, 3.63) is 22.7 Å². The van der Waals surface area contributed by atoms with Crippen LogP contribution in [0.4, 0.5) is 5.82 Å². The summed E-state index contributed by atoms with van der Waals surface area (Å²) in [6.45, 7) is -0.888. The first-order chi connectivity index (χ1) is 19.0. The number of aromatic nitrogens is 2. The molecule has 1 aromatic rings. The number of rotatable bonds is 11. The minimum Gasteiger partial charge on any atom is -0.478 e. The van der Waals surface area contributed by atoms with E-state index in [1.165, 1.54) is 6.07 Å². The second-order valence-corrected chi connectivity index (χ2v) is 12.1. The van der Waals surface area contributed by atoms with E-state index in [4.69, 9.17) is 19.5 Å². The number of thioether (sulfide) groups is 1. The molecule has 2 aliphatic heterocycles. The molecule has 0 bridgehead atoms. The zero-order valence-corrected chi connectivity index (χ0v) is 22.9. The molecule has 2 fully saturated rings. The predicted molar refractivity (Wildman–Crippen MR) is 135 cm³/mol. The lowest BCUT2D eigenvalue weighted by atomic mass is 9.94. The number of nitrogens with zero attached hydrogens (tertiary/aromatic N) is 2. The van der Waals surface area contributed by atoms with Crippen LogP contribution in [0.5, 0.6) is 0 Å². The van der Waals surface area contributed by atoms with Crippen molar-refractivity contribution >= 4 is 37.3 Å². The lowest BCUT2D eigenvalue weighted by Gasteiger charge is -2.46. The Morgan fingerprint density at radius 3 is 2.56 bits per heavy atom. The summed E-state index contributed by atoms with van der Waals surface area (Å²) in [5, 5.41) is 71.6. The molecule has 1 aromatic heterocycles. The Labute approximate surface area is 235 Å². The van der Waals surface area contributed by atoms with Gasteiger partial charge in [0.1, 0.15) is 30.2 Å². The molecule has 2 aliphatic rings. The van der Waals surface area contributed by atoms with E-state index in [1.807, 2.05) is 0 Å². The molecule has 0 spiro atoms. The highest BCUT2D eigenvalue weighted by Crippen LogP contribution is 2.55. The van der Waals surface area contributed by atoms with Crippen LogP contribution in [0, 0.1) is 0 Å². The van der Waals surface area contributed by atoms with Crippen LogP contribution in [0.1, 0.15) is 19.6 Å². The average Bonchev–Trinajstić information content (AvgIpc) is 3.16. The molecule has 1 amide bonds. The third kappa shape index (κ3) is 7.42. The standard InChI is InChI=1S/C20H31N4O15PS/c1-7(26)22-12-8(27)4-20(18(32)33,41-16(12)13(29)9(28)5-25)39-40(35,36)37-6-10-14(30)15(31)17(38-10)24-3-2-11(21)23-19(24)34/h2-3,8-10,12-17,25,27-31H,4-6H2,1H3,(H,22,26)(H,32,33)(H,35,36)(H2,21,23,34)/t8-,9+,10+,12+,13+,14+,15+,16+,17+,20-/m0/s1. The number of carbonyl (C=O) groups is 2. The molecule has 41 heavy (non-hydrogen) atoms. The van der Waals surface area contributed by atoms with E-state index < -0.39 is 104 Å². The summed E-state index contributed by atoms with van der Waals surface area (Å²) in [6.07, 6.45) is -11.9. The van der Waals surface area contributed by atoms with E-state index >= 15 is 0 Å². The van der Waals surface area contributed by atoms with Gasteiger partial charge in [0, 0.05) is 19.5 Å². The molecule has 232 valence electrons. The molecule has 11 N–H and O–H groups in total. The Morgan fingerprint density at radius 2 is 2.00 bits per heavy atom. The van der Waals surface area contributed by atoms with Crippen molar-refractivity contribution in [3.8, 4) is 0 Å². The van der Waals surface area contributed by atoms with Gasteiger partial charge in [-0.1, -0.05) is 0 Å². The Balaban J connectivity index is 1.79. The second-order valence-electron chi connectivity index (χ2n) is 9.32. The van der Waals surface area contributed by atoms with Gasteiger partial charge in [-0.15, -0.1) is 11.8 Å². The number of anilines is 1. The van der Waals surface area contributed by atoms with E-state index in [1.54, 1.807) is 0 Å². The molecule has 0 aliphatic carbocycles. The first-order valence-corrected chi connectivity index (χ1v) is 14.3. The summed E-state index contributed by atoms with van der Waals surface area (Å²) >= 11 is 0.173. The number of aliphatic carboxylic acids is 1. The van der Waals surface area contributed by atoms with E-state index in [2.05, 4.69) is 10.3 Å². The first-order valence-electron chi connectivity index (χ1n) is 11.9. The smallest absolute Gasteiger partial charge is 0.474 e. The largest absolute Gasteiger partial charge is 0.478 e. The van der Waals surface area contributed by atoms with E-state index in [0.29, 0.717) is 0 Å². The van der Waals surface area contributed by atoms with Gasteiger partial charge in [0.25, 0.3) is 0 Å². The van der Waals surface area contributed by atoms with Gasteiger partial charge in [-0.25, -0.2) is 14.2 Å². The van der Waals surface area contributed by atoms with Crippen molar-refractivity contribution in [1.29, 1.82) is 0 Å². The third-order valence-corrected chi connectivity index (χ3v) is 9.10. The van der Waals surface area contributed by atoms with Crippen LogP contribution in [0.3, 0.4) is 0 Å². The van der Waals surface area contributed by atoms with Gasteiger partial charge in [0.2, 0.25) is 10.8 Å². The number of aliphatic hydroxyl groups excluding tert-OH is 6. The molecular formula is C20H31N4O15PS. The van der Waals surface area contributed by atoms with Crippen molar-refractivity contribution in [2.24, 2.45) is 0 Å². The average molecular weight is 631 g/mol. The summed E-state index contributed by atoms with van der Waals surface area (Å²) in [6, 6.07) is -0.166. The molecule has 3 heterocycles. The van der Waals surface area contributed by atoms with Crippen molar-refractivity contribution in [1.82, 2.24) is 14.9 Å². The SMILES string of the molecule is CC(=O)N[C@H]1[C@H]([C@H](O)[C@H](O)CO)S[C@](OP(=O)(O)OC[C@H]2O[C@@H](n3ccc(N)nc3=O)[C@H](O)[C@@H]2O)(C(=O)O)C[C@@H]1O. The number of nitrogens with one attached hydrogen (secondary N) is 1. The van der Waals surface area contributed by atoms with Gasteiger partial charge in [0.05, 0.1) is 36.7 Å². The lowest BCUT2D eigenvalue weighted by molar-refractivity contribution is -0.152. The molecule has 19 nitrogen and oxygen atoms in total. The number of carboxylic acid groups (broad SMARTS) is 1. The van der Waals surface area contributed by atoms with Gasteiger partial charge < -0.3 is 56.4 Å². The number of amides is 1. The zero-order valence-electron chi connectivity index (χ0n) is 21.2. The van der Waals surface area contributed by atoms with Crippen molar-refractivity contribution in [2.45, 2.75) is 72.4 Å². The first kappa shape index (κ1) is 33.3. The molecule has 0 aromatic carbocycles. The Bertz CT molecular complexity index is 1220. The van der Waals surface area contributed by atoms with E-state index in [-0.39, 0.29) is 17.6 Å². The number of nitrogens with two attached hydrogens (primary N) is 1. The quantitative estimate of drug-likeness (QED) is 0.103. The summed E-state index contributed by atoms with van der Waals surface area (Å²) < 4.78 is 28.8. The molecule has 0 saturated carbocycles. The number of nitrogen functional groups attached to an aromatic ring is 1. The lowest BCUT2D eigenvalue weighted by Crippen LogP contribution is -2.63. The number of carbonyl (C=O) groups excluding carboxylic acids is 1. The minimum absolute atomic E-state index is 0.125. The maximum atomic E-state index is 12.9. The maximum absolute atomic E-state index is 12.9. The number of phosphoric acid groups is 1. The molecule has 21 heteroatoms. The van der Waals surface area contributed by atoms with Crippen molar-refractivity contribution in [2.75, 3.05) is 18.9 Å². The van der Waals surface area contributed by atoms with Gasteiger partial charge >= 0.3 is 19.5 Å². The van der Waals surface area contributed by atoms with Crippen LogP contribution >= 0.6 is 19.6 Å². The van der Waals surface area contributed by atoms with E-state index in [0.717, 1.165) is 17.7 Å². The van der Waals surface area contributed by atoms with Crippen LogP contribution in [0.15, 0.2) is 17.1 Å².